The van der Waals surface area contributed by atoms with Crippen molar-refractivity contribution in [3.05, 3.63) is 30.1 Å². The van der Waals surface area contributed by atoms with E-state index in [1.54, 1.807) is 12.1 Å². The van der Waals surface area contributed by atoms with Crippen molar-refractivity contribution >= 4 is 11.6 Å². The van der Waals surface area contributed by atoms with E-state index in [0.717, 1.165) is 13.0 Å². The Kier molecular flexibility index (Phi) is 3.66. The van der Waals surface area contributed by atoms with Crippen LogP contribution < -0.4 is 10.6 Å². The van der Waals surface area contributed by atoms with Gasteiger partial charge in [-0.1, -0.05) is 13.8 Å². The molecule has 3 nitrogen and oxygen atoms in total. The Bertz CT molecular complexity index is 422. The van der Waals surface area contributed by atoms with Gasteiger partial charge < -0.3 is 10.6 Å². The van der Waals surface area contributed by atoms with Gasteiger partial charge in [0.15, 0.2) is 0 Å². The first-order valence-electron chi connectivity index (χ1n) is 6.32. The molecule has 98 valence electrons. The van der Waals surface area contributed by atoms with Crippen molar-refractivity contribution in [2.24, 2.45) is 11.3 Å². The normalized spacial score (nSPS) is 23.3. The van der Waals surface area contributed by atoms with Crippen molar-refractivity contribution in [3.8, 4) is 0 Å². The largest absolute Gasteiger partial charge is 0.326 e. The van der Waals surface area contributed by atoms with E-state index in [4.69, 9.17) is 0 Å². The van der Waals surface area contributed by atoms with Crippen molar-refractivity contribution < 1.29 is 9.18 Å². The topological polar surface area (TPSA) is 41.1 Å². The van der Waals surface area contributed by atoms with Gasteiger partial charge in [0.05, 0.1) is 5.41 Å². The van der Waals surface area contributed by atoms with Gasteiger partial charge in [0.1, 0.15) is 5.82 Å². The molecule has 0 radical (unpaired) electrons. The van der Waals surface area contributed by atoms with Gasteiger partial charge in [-0.15, -0.1) is 0 Å². The van der Waals surface area contributed by atoms with Gasteiger partial charge in [-0.3, -0.25) is 4.79 Å². The number of hydrogen-bond acceptors (Lipinski definition) is 2. The van der Waals surface area contributed by atoms with Gasteiger partial charge in [0.2, 0.25) is 5.91 Å². The number of anilines is 1. The number of halogens is 1. The number of carbonyl (C=O) groups excluding carboxylic acids is 1. The second-order valence-corrected chi connectivity index (χ2v) is 5.20. The van der Waals surface area contributed by atoms with Crippen molar-refractivity contribution in [1.29, 1.82) is 0 Å². The number of carbonyl (C=O) groups is 1. The lowest BCUT2D eigenvalue weighted by molar-refractivity contribution is -0.126. The summed E-state index contributed by atoms with van der Waals surface area (Å²) >= 11 is 0. The lowest BCUT2D eigenvalue weighted by atomic mass is 9.75. The van der Waals surface area contributed by atoms with Gasteiger partial charge in [0, 0.05) is 12.2 Å². The van der Waals surface area contributed by atoms with E-state index in [1.165, 1.54) is 12.1 Å². The second-order valence-electron chi connectivity index (χ2n) is 5.20. The molecule has 1 saturated heterocycles. The van der Waals surface area contributed by atoms with E-state index in [1.807, 2.05) is 0 Å². The van der Waals surface area contributed by atoms with Crippen LogP contribution in [0.5, 0.6) is 0 Å². The number of nitrogens with one attached hydrogen (secondary N) is 2. The molecule has 1 aromatic rings. The van der Waals surface area contributed by atoms with E-state index < -0.39 is 0 Å². The second kappa shape index (κ2) is 5.06. The molecular formula is C14H19FN2O. The zero-order valence-electron chi connectivity index (χ0n) is 10.8. The highest BCUT2D eigenvalue weighted by Gasteiger charge is 2.43. The Morgan fingerprint density at radius 1 is 1.39 bits per heavy atom. The molecule has 18 heavy (non-hydrogen) atoms. The Labute approximate surface area is 107 Å². The first-order chi connectivity index (χ1) is 8.54. The first-order valence-corrected chi connectivity index (χ1v) is 6.32. The zero-order valence-corrected chi connectivity index (χ0v) is 10.8. The first kappa shape index (κ1) is 13.0. The van der Waals surface area contributed by atoms with Crippen LogP contribution in [-0.2, 0) is 4.79 Å². The predicted octanol–water partition coefficient (Wildman–Crippen LogP) is 2.40. The molecule has 1 heterocycles. The monoisotopic (exact) mass is 250 g/mol. The summed E-state index contributed by atoms with van der Waals surface area (Å²) in [6.45, 7) is 5.71. The summed E-state index contributed by atoms with van der Waals surface area (Å²) in [6.07, 6.45) is 0.845. The van der Waals surface area contributed by atoms with Crippen LogP contribution in [0.25, 0.3) is 0 Å². The van der Waals surface area contributed by atoms with Gasteiger partial charge >= 0.3 is 0 Å². The summed E-state index contributed by atoms with van der Waals surface area (Å²) in [4.78, 5) is 12.4. The molecule has 0 bridgehead atoms. The van der Waals surface area contributed by atoms with Crippen LogP contribution in [-0.4, -0.2) is 19.0 Å². The third-order valence-electron chi connectivity index (χ3n) is 3.85. The van der Waals surface area contributed by atoms with Gasteiger partial charge in [0.25, 0.3) is 0 Å². The molecule has 0 aliphatic carbocycles. The average molecular weight is 250 g/mol. The summed E-state index contributed by atoms with van der Waals surface area (Å²) in [7, 11) is 0. The van der Waals surface area contributed by atoms with Crippen LogP contribution in [0.4, 0.5) is 10.1 Å². The smallest absolute Gasteiger partial charge is 0.232 e. The lowest BCUT2D eigenvalue weighted by Crippen LogP contribution is -2.42. The maximum absolute atomic E-state index is 12.8. The molecule has 4 heteroatoms. The molecule has 1 unspecified atom stereocenters. The van der Waals surface area contributed by atoms with E-state index in [2.05, 4.69) is 24.5 Å². The Balaban J connectivity index is 2.13. The summed E-state index contributed by atoms with van der Waals surface area (Å²) in [6, 6.07) is 5.88. The predicted molar refractivity (Wildman–Crippen MR) is 69.8 cm³/mol. The van der Waals surface area contributed by atoms with E-state index in [-0.39, 0.29) is 23.1 Å². The van der Waals surface area contributed by atoms with Crippen LogP contribution in [0.15, 0.2) is 24.3 Å². The number of rotatable bonds is 3. The fourth-order valence-electron chi connectivity index (χ4n) is 2.45. The summed E-state index contributed by atoms with van der Waals surface area (Å²) in [5.41, 5.74) is 0.294. The third-order valence-corrected chi connectivity index (χ3v) is 3.85. The Morgan fingerprint density at radius 3 is 2.56 bits per heavy atom. The van der Waals surface area contributed by atoms with Gasteiger partial charge in [-0.2, -0.15) is 0 Å². The average Bonchev–Trinajstić information content (AvgIpc) is 2.82. The standard InChI is InChI=1S/C14H19FN2O/c1-10(2)14(7-8-16-9-14)13(18)17-12-5-3-11(15)4-6-12/h3-6,10,16H,7-9H2,1-2H3,(H,17,18). The summed E-state index contributed by atoms with van der Waals surface area (Å²) in [5, 5.41) is 6.14. The Morgan fingerprint density at radius 2 is 2.06 bits per heavy atom. The minimum absolute atomic E-state index is 0.0223. The van der Waals surface area contributed by atoms with E-state index in [9.17, 15) is 9.18 Å². The number of benzene rings is 1. The minimum Gasteiger partial charge on any atom is -0.326 e. The van der Waals surface area contributed by atoms with Crippen molar-refractivity contribution in [3.63, 3.8) is 0 Å². The maximum atomic E-state index is 12.8. The molecule has 1 aromatic carbocycles. The molecule has 1 aliphatic heterocycles. The third kappa shape index (κ3) is 2.38. The molecule has 1 atom stereocenters. The van der Waals surface area contributed by atoms with Crippen molar-refractivity contribution in [1.82, 2.24) is 5.32 Å². The van der Waals surface area contributed by atoms with E-state index >= 15 is 0 Å². The fourth-order valence-corrected chi connectivity index (χ4v) is 2.45. The van der Waals surface area contributed by atoms with Crippen LogP contribution in [0.1, 0.15) is 20.3 Å². The Hall–Kier alpha value is -1.42. The van der Waals surface area contributed by atoms with E-state index in [0.29, 0.717) is 12.2 Å². The molecule has 0 aromatic heterocycles. The lowest BCUT2D eigenvalue weighted by Gasteiger charge is -2.31. The molecule has 1 aliphatic rings. The molecule has 2 N–H and O–H groups in total. The van der Waals surface area contributed by atoms with Gasteiger partial charge in [-0.25, -0.2) is 4.39 Å². The van der Waals surface area contributed by atoms with Crippen molar-refractivity contribution in [2.75, 3.05) is 18.4 Å². The van der Waals surface area contributed by atoms with Crippen LogP contribution in [0.3, 0.4) is 0 Å². The maximum Gasteiger partial charge on any atom is 0.232 e. The SMILES string of the molecule is CC(C)C1(C(=O)Nc2ccc(F)cc2)CCNC1. The van der Waals surface area contributed by atoms with Crippen LogP contribution in [0, 0.1) is 17.2 Å². The minimum atomic E-state index is -0.353. The zero-order chi connectivity index (χ0) is 13.2. The highest BCUT2D eigenvalue weighted by molar-refractivity contribution is 5.96. The van der Waals surface area contributed by atoms with Crippen LogP contribution >= 0.6 is 0 Å². The summed E-state index contributed by atoms with van der Waals surface area (Å²) in [5.74, 6) is -0.00355. The van der Waals surface area contributed by atoms with Crippen LogP contribution in [0.2, 0.25) is 0 Å². The van der Waals surface area contributed by atoms with Gasteiger partial charge in [-0.05, 0) is 43.1 Å². The molecule has 0 spiro atoms. The number of amides is 1. The fraction of sp³-hybridized carbons (Fsp3) is 0.500. The highest BCUT2D eigenvalue weighted by Crippen LogP contribution is 2.35. The molecular weight excluding hydrogens is 231 g/mol. The molecule has 0 saturated carbocycles. The molecule has 1 fully saturated rings. The molecule has 1 amide bonds. The van der Waals surface area contributed by atoms with Crippen molar-refractivity contribution in [2.45, 2.75) is 20.3 Å². The summed E-state index contributed by atoms with van der Waals surface area (Å²) < 4.78 is 12.8. The quantitative estimate of drug-likeness (QED) is 0.865. The highest BCUT2D eigenvalue weighted by atomic mass is 19.1. The molecule has 2 rings (SSSR count). The number of hydrogen-bond donors (Lipinski definition) is 2.